The quantitative estimate of drug-likeness (QED) is 0.902. The SMILES string of the molecule is O=C(Cc1cccc(O)c1)NCc1ccc(F)cc1F. The second-order valence-corrected chi connectivity index (χ2v) is 4.36. The lowest BCUT2D eigenvalue weighted by molar-refractivity contribution is -0.120. The van der Waals surface area contributed by atoms with Gasteiger partial charge in [-0.05, 0) is 23.8 Å². The highest BCUT2D eigenvalue weighted by Gasteiger charge is 2.07. The van der Waals surface area contributed by atoms with Gasteiger partial charge >= 0.3 is 0 Å². The number of halogens is 2. The Morgan fingerprint density at radius 2 is 1.95 bits per heavy atom. The van der Waals surface area contributed by atoms with Crippen LogP contribution in [0.2, 0.25) is 0 Å². The molecular weight excluding hydrogens is 264 g/mol. The number of phenols is 1. The van der Waals surface area contributed by atoms with E-state index in [1.54, 1.807) is 12.1 Å². The summed E-state index contributed by atoms with van der Waals surface area (Å²) in [7, 11) is 0. The molecule has 0 aliphatic carbocycles. The summed E-state index contributed by atoms with van der Waals surface area (Å²) in [6.45, 7) is -0.0102. The van der Waals surface area contributed by atoms with Crippen LogP contribution in [0.1, 0.15) is 11.1 Å². The molecule has 1 amide bonds. The Bertz CT molecular complexity index is 629. The van der Waals surface area contributed by atoms with E-state index in [-0.39, 0.29) is 30.2 Å². The van der Waals surface area contributed by atoms with Crippen molar-refractivity contribution in [2.24, 2.45) is 0 Å². The number of amides is 1. The minimum absolute atomic E-state index is 0.0102. The van der Waals surface area contributed by atoms with Crippen LogP contribution >= 0.6 is 0 Å². The molecule has 0 spiro atoms. The lowest BCUT2D eigenvalue weighted by Crippen LogP contribution is -2.25. The summed E-state index contributed by atoms with van der Waals surface area (Å²) in [5, 5.41) is 11.8. The number of phenolic OH excluding ortho intramolecular Hbond substituents is 1. The van der Waals surface area contributed by atoms with Crippen molar-refractivity contribution in [3.8, 4) is 5.75 Å². The standard InChI is InChI=1S/C15H13F2NO2/c16-12-5-4-11(14(17)8-12)9-18-15(20)7-10-2-1-3-13(19)6-10/h1-6,8,19H,7,9H2,(H,18,20). The third kappa shape index (κ3) is 3.78. The summed E-state index contributed by atoms with van der Waals surface area (Å²) in [5.74, 6) is -1.57. The van der Waals surface area contributed by atoms with Crippen LogP contribution in [-0.2, 0) is 17.8 Å². The molecule has 2 aromatic rings. The normalized spacial score (nSPS) is 10.3. The van der Waals surface area contributed by atoms with Crippen molar-refractivity contribution < 1.29 is 18.7 Å². The molecule has 3 nitrogen and oxygen atoms in total. The topological polar surface area (TPSA) is 49.3 Å². The van der Waals surface area contributed by atoms with Crippen LogP contribution in [-0.4, -0.2) is 11.0 Å². The van der Waals surface area contributed by atoms with E-state index >= 15 is 0 Å². The van der Waals surface area contributed by atoms with Gasteiger partial charge in [0, 0.05) is 18.2 Å². The van der Waals surface area contributed by atoms with E-state index in [1.807, 2.05) is 0 Å². The zero-order valence-electron chi connectivity index (χ0n) is 10.6. The van der Waals surface area contributed by atoms with Gasteiger partial charge in [-0.1, -0.05) is 18.2 Å². The van der Waals surface area contributed by atoms with Gasteiger partial charge in [0.15, 0.2) is 0 Å². The number of carbonyl (C=O) groups is 1. The van der Waals surface area contributed by atoms with Crippen LogP contribution in [0.25, 0.3) is 0 Å². The molecule has 0 heterocycles. The van der Waals surface area contributed by atoms with Gasteiger partial charge in [-0.25, -0.2) is 8.78 Å². The molecule has 20 heavy (non-hydrogen) atoms. The molecule has 0 unspecified atom stereocenters. The first-order chi connectivity index (χ1) is 9.54. The minimum Gasteiger partial charge on any atom is -0.508 e. The Morgan fingerprint density at radius 1 is 1.15 bits per heavy atom. The Balaban J connectivity index is 1.92. The molecule has 0 aliphatic heterocycles. The maximum atomic E-state index is 13.4. The summed E-state index contributed by atoms with van der Waals surface area (Å²) in [6.07, 6.45) is 0.0806. The van der Waals surface area contributed by atoms with Crippen molar-refractivity contribution in [2.75, 3.05) is 0 Å². The average Bonchev–Trinajstić information content (AvgIpc) is 2.37. The molecule has 0 radical (unpaired) electrons. The summed E-state index contributed by atoms with van der Waals surface area (Å²) >= 11 is 0. The van der Waals surface area contributed by atoms with Gasteiger partial charge in [0.2, 0.25) is 5.91 Å². The van der Waals surface area contributed by atoms with Gasteiger partial charge in [-0.15, -0.1) is 0 Å². The van der Waals surface area contributed by atoms with Crippen LogP contribution in [0.5, 0.6) is 5.75 Å². The summed E-state index contributed by atoms with van der Waals surface area (Å²) in [4.78, 5) is 11.7. The van der Waals surface area contributed by atoms with Gasteiger partial charge in [-0.2, -0.15) is 0 Å². The Labute approximate surface area is 114 Å². The molecule has 0 aliphatic rings. The smallest absolute Gasteiger partial charge is 0.224 e. The van der Waals surface area contributed by atoms with Crippen molar-refractivity contribution >= 4 is 5.91 Å². The number of nitrogens with one attached hydrogen (secondary N) is 1. The van der Waals surface area contributed by atoms with Gasteiger partial charge in [0.1, 0.15) is 17.4 Å². The van der Waals surface area contributed by atoms with Crippen LogP contribution in [0, 0.1) is 11.6 Å². The van der Waals surface area contributed by atoms with Crippen molar-refractivity contribution in [2.45, 2.75) is 13.0 Å². The molecular formula is C15H13F2NO2. The fourth-order valence-electron chi connectivity index (χ4n) is 1.77. The molecule has 2 N–H and O–H groups in total. The molecule has 5 heteroatoms. The summed E-state index contributed by atoms with van der Waals surface area (Å²) in [6, 6.07) is 9.54. The zero-order valence-corrected chi connectivity index (χ0v) is 10.6. The molecule has 0 saturated carbocycles. The lowest BCUT2D eigenvalue weighted by atomic mass is 10.1. The van der Waals surface area contributed by atoms with Gasteiger partial charge in [-0.3, -0.25) is 4.79 Å². The lowest BCUT2D eigenvalue weighted by Gasteiger charge is -2.07. The monoisotopic (exact) mass is 277 g/mol. The molecule has 0 fully saturated rings. The highest BCUT2D eigenvalue weighted by atomic mass is 19.1. The first-order valence-electron chi connectivity index (χ1n) is 6.03. The van der Waals surface area contributed by atoms with Crippen molar-refractivity contribution in [1.82, 2.24) is 5.32 Å². The fourth-order valence-corrected chi connectivity index (χ4v) is 1.77. The molecule has 0 aromatic heterocycles. The second-order valence-electron chi connectivity index (χ2n) is 4.36. The number of hydrogen-bond acceptors (Lipinski definition) is 2. The molecule has 104 valence electrons. The summed E-state index contributed by atoms with van der Waals surface area (Å²) < 4.78 is 26.1. The predicted molar refractivity (Wildman–Crippen MR) is 70.0 cm³/mol. The third-order valence-corrected chi connectivity index (χ3v) is 2.77. The van der Waals surface area contributed by atoms with Crippen molar-refractivity contribution in [3.63, 3.8) is 0 Å². The zero-order chi connectivity index (χ0) is 14.5. The number of hydrogen-bond donors (Lipinski definition) is 2. The Hall–Kier alpha value is -2.43. The molecule has 2 rings (SSSR count). The van der Waals surface area contributed by atoms with Gasteiger partial charge < -0.3 is 10.4 Å². The van der Waals surface area contributed by atoms with Gasteiger partial charge in [0.05, 0.1) is 6.42 Å². The first kappa shape index (κ1) is 14.0. The molecule has 0 bridgehead atoms. The third-order valence-electron chi connectivity index (χ3n) is 2.77. The van der Waals surface area contributed by atoms with E-state index in [0.29, 0.717) is 5.56 Å². The van der Waals surface area contributed by atoms with E-state index in [0.717, 1.165) is 12.1 Å². The number of benzene rings is 2. The second kappa shape index (κ2) is 6.14. The number of aromatic hydroxyl groups is 1. The molecule has 0 saturated heterocycles. The van der Waals surface area contributed by atoms with Crippen molar-refractivity contribution in [3.05, 3.63) is 65.2 Å². The maximum Gasteiger partial charge on any atom is 0.224 e. The van der Waals surface area contributed by atoms with Crippen molar-refractivity contribution in [1.29, 1.82) is 0 Å². The van der Waals surface area contributed by atoms with Crippen LogP contribution in [0.4, 0.5) is 8.78 Å². The van der Waals surface area contributed by atoms with Gasteiger partial charge in [0.25, 0.3) is 0 Å². The van der Waals surface area contributed by atoms with Crippen LogP contribution in [0.15, 0.2) is 42.5 Å². The minimum atomic E-state index is -0.692. The largest absolute Gasteiger partial charge is 0.508 e. The highest BCUT2D eigenvalue weighted by Crippen LogP contribution is 2.12. The number of carbonyl (C=O) groups excluding carboxylic acids is 1. The highest BCUT2D eigenvalue weighted by molar-refractivity contribution is 5.78. The predicted octanol–water partition coefficient (Wildman–Crippen LogP) is 2.53. The van der Waals surface area contributed by atoms with Crippen LogP contribution < -0.4 is 5.32 Å². The fraction of sp³-hybridized carbons (Fsp3) is 0.133. The Kier molecular flexibility index (Phi) is 4.30. The first-order valence-corrected chi connectivity index (χ1v) is 6.03. The Morgan fingerprint density at radius 3 is 2.65 bits per heavy atom. The van der Waals surface area contributed by atoms with E-state index in [4.69, 9.17) is 0 Å². The van der Waals surface area contributed by atoms with E-state index < -0.39 is 11.6 Å². The number of rotatable bonds is 4. The van der Waals surface area contributed by atoms with E-state index in [9.17, 15) is 18.7 Å². The molecule has 2 aromatic carbocycles. The van der Waals surface area contributed by atoms with E-state index in [2.05, 4.69) is 5.32 Å². The maximum absolute atomic E-state index is 13.4. The van der Waals surface area contributed by atoms with Crippen LogP contribution in [0.3, 0.4) is 0 Å². The van der Waals surface area contributed by atoms with E-state index in [1.165, 1.54) is 18.2 Å². The average molecular weight is 277 g/mol. The summed E-state index contributed by atoms with van der Waals surface area (Å²) in [5.41, 5.74) is 0.873. The molecule has 0 atom stereocenters.